The molecule has 1 aliphatic carbocycles. The first-order valence-corrected chi connectivity index (χ1v) is 6.53. The van der Waals surface area contributed by atoms with Crippen LogP contribution >= 0.6 is 0 Å². The molecule has 0 saturated heterocycles. The van der Waals surface area contributed by atoms with Crippen molar-refractivity contribution < 1.29 is 19.8 Å². The van der Waals surface area contributed by atoms with Gasteiger partial charge in [0.25, 0.3) is 0 Å². The molecule has 0 bridgehead atoms. The van der Waals surface area contributed by atoms with Gasteiger partial charge in [0, 0.05) is 20.0 Å². The van der Waals surface area contributed by atoms with Crippen LogP contribution in [0.4, 0.5) is 0 Å². The van der Waals surface area contributed by atoms with Crippen LogP contribution in [0.2, 0.25) is 0 Å². The lowest BCUT2D eigenvalue weighted by molar-refractivity contribution is -0.155. The number of carbonyl (C=O) groups excluding carboxylic acids is 1. The molecule has 0 aromatic rings. The van der Waals surface area contributed by atoms with Gasteiger partial charge in [0.1, 0.15) is 0 Å². The highest BCUT2D eigenvalue weighted by Crippen LogP contribution is 2.39. The van der Waals surface area contributed by atoms with Crippen LogP contribution in [0.5, 0.6) is 0 Å². The lowest BCUT2D eigenvalue weighted by atomic mass is 9.71. The third-order valence-electron chi connectivity index (χ3n) is 3.72. The van der Waals surface area contributed by atoms with Crippen molar-refractivity contribution in [1.82, 2.24) is 4.90 Å². The molecule has 0 aromatic heterocycles. The zero-order chi connectivity index (χ0) is 13.8. The topological polar surface area (TPSA) is 77.8 Å². The van der Waals surface area contributed by atoms with Crippen molar-refractivity contribution in [3.05, 3.63) is 0 Å². The molecule has 0 heterocycles. The SMILES string of the molecule is CC(O)CN(C)C(=O)CC1(C(=O)O)CCCCC1. The Bertz CT molecular complexity index is 308. The Morgan fingerprint density at radius 2 is 1.83 bits per heavy atom. The summed E-state index contributed by atoms with van der Waals surface area (Å²) in [7, 11) is 1.60. The number of aliphatic carboxylic acids is 1. The van der Waals surface area contributed by atoms with Crippen LogP contribution in [-0.4, -0.2) is 46.7 Å². The van der Waals surface area contributed by atoms with Crippen molar-refractivity contribution in [3.8, 4) is 0 Å². The molecule has 1 amide bonds. The Labute approximate surface area is 108 Å². The molecule has 0 aromatic carbocycles. The summed E-state index contributed by atoms with van der Waals surface area (Å²) in [5.74, 6) is -1.05. The molecular formula is C13H23NO4. The number of carboxylic acid groups (broad SMARTS) is 1. The fourth-order valence-electron chi connectivity index (χ4n) is 2.62. The van der Waals surface area contributed by atoms with Gasteiger partial charge in [-0.15, -0.1) is 0 Å². The highest BCUT2D eigenvalue weighted by Gasteiger charge is 2.41. The van der Waals surface area contributed by atoms with Crippen LogP contribution in [0, 0.1) is 5.41 Å². The molecule has 104 valence electrons. The third kappa shape index (κ3) is 3.70. The summed E-state index contributed by atoms with van der Waals surface area (Å²) in [4.78, 5) is 24.9. The standard InChI is InChI=1S/C13H23NO4/c1-10(15)9-14(2)11(16)8-13(12(17)18)6-4-3-5-7-13/h10,15H,3-9H2,1-2H3,(H,17,18). The molecule has 18 heavy (non-hydrogen) atoms. The molecule has 1 saturated carbocycles. The zero-order valence-corrected chi connectivity index (χ0v) is 11.2. The maximum atomic E-state index is 12.0. The molecule has 1 unspecified atom stereocenters. The molecule has 0 radical (unpaired) electrons. The van der Waals surface area contributed by atoms with E-state index in [1.54, 1.807) is 14.0 Å². The first-order chi connectivity index (χ1) is 8.37. The quantitative estimate of drug-likeness (QED) is 0.777. The van der Waals surface area contributed by atoms with Crippen LogP contribution in [0.25, 0.3) is 0 Å². The molecular weight excluding hydrogens is 234 g/mol. The van der Waals surface area contributed by atoms with Gasteiger partial charge in [0.05, 0.1) is 11.5 Å². The number of hydrogen-bond acceptors (Lipinski definition) is 3. The van der Waals surface area contributed by atoms with E-state index in [9.17, 15) is 19.8 Å². The second kappa shape index (κ2) is 6.18. The van der Waals surface area contributed by atoms with Gasteiger partial charge in [-0.2, -0.15) is 0 Å². The lowest BCUT2D eigenvalue weighted by Crippen LogP contribution is -2.41. The van der Waals surface area contributed by atoms with E-state index in [1.807, 2.05) is 0 Å². The van der Waals surface area contributed by atoms with Gasteiger partial charge < -0.3 is 15.1 Å². The van der Waals surface area contributed by atoms with E-state index in [-0.39, 0.29) is 18.9 Å². The lowest BCUT2D eigenvalue weighted by Gasteiger charge is -2.34. The first-order valence-electron chi connectivity index (χ1n) is 6.53. The maximum absolute atomic E-state index is 12.0. The Balaban J connectivity index is 2.66. The number of carboxylic acids is 1. The molecule has 0 spiro atoms. The fourth-order valence-corrected chi connectivity index (χ4v) is 2.62. The molecule has 2 N–H and O–H groups in total. The second-order valence-corrected chi connectivity index (χ2v) is 5.45. The van der Waals surface area contributed by atoms with Crippen molar-refractivity contribution >= 4 is 11.9 Å². The van der Waals surface area contributed by atoms with E-state index in [4.69, 9.17) is 0 Å². The summed E-state index contributed by atoms with van der Waals surface area (Å²) in [5, 5.41) is 18.6. The average molecular weight is 257 g/mol. The van der Waals surface area contributed by atoms with Crippen molar-refractivity contribution in [2.75, 3.05) is 13.6 Å². The predicted octanol–water partition coefficient (Wildman–Crippen LogP) is 1.25. The van der Waals surface area contributed by atoms with E-state index in [2.05, 4.69) is 0 Å². The second-order valence-electron chi connectivity index (χ2n) is 5.45. The Morgan fingerprint density at radius 3 is 2.28 bits per heavy atom. The van der Waals surface area contributed by atoms with Crippen molar-refractivity contribution in [1.29, 1.82) is 0 Å². The molecule has 1 aliphatic rings. The van der Waals surface area contributed by atoms with Crippen LogP contribution in [0.1, 0.15) is 45.4 Å². The summed E-state index contributed by atoms with van der Waals surface area (Å²) in [6.45, 7) is 1.85. The minimum atomic E-state index is -0.887. The van der Waals surface area contributed by atoms with Gasteiger partial charge in [0.2, 0.25) is 5.91 Å². The van der Waals surface area contributed by atoms with Crippen LogP contribution in [0.3, 0.4) is 0 Å². The molecule has 1 fully saturated rings. The molecule has 0 aliphatic heterocycles. The molecule has 1 rings (SSSR count). The van der Waals surface area contributed by atoms with E-state index >= 15 is 0 Å². The van der Waals surface area contributed by atoms with Gasteiger partial charge in [-0.05, 0) is 19.8 Å². The van der Waals surface area contributed by atoms with Crippen LogP contribution in [0.15, 0.2) is 0 Å². The van der Waals surface area contributed by atoms with Gasteiger partial charge in [-0.1, -0.05) is 19.3 Å². The zero-order valence-electron chi connectivity index (χ0n) is 11.2. The van der Waals surface area contributed by atoms with Gasteiger partial charge >= 0.3 is 5.97 Å². The molecule has 1 atom stereocenters. The number of hydrogen-bond donors (Lipinski definition) is 2. The number of nitrogens with zero attached hydrogens (tertiary/aromatic N) is 1. The molecule has 5 heteroatoms. The minimum Gasteiger partial charge on any atom is -0.481 e. The number of rotatable bonds is 5. The summed E-state index contributed by atoms with van der Waals surface area (Å²) >= 11 is 0. The predicted molar refractivity (Wildman–Crippen MR) is 67.1 cm³/mol. The summed E-state index contributed by atoms with van der Waals surface area (Å²) in [6.07, 6.45) is 3.41. The largest absolute Gasteiger partial charge is 0.481 e. The fraction of sp³-hybridized carbons (Fsp3) is 0.846. The summed E-state index contributed by atoms with van der Waals surface area (Å²) in [5.41, 5.74) is -0.887. The Hall–Kier alpha value is -1.10. The van der Waals surface area contributed by atoms with Crippen molar-refractivity contribution in [2.45, 2.75) is 51.6 Å². The van der Waals surface area contributed by atoms with Gasteiger partial charge in [-0.25, -0.2) is 0 Å². The van der Waals surface area contributed by atoms with Gasteiger partial charge in [0.15, 0.2) is 0 Å². The monoisotopic (exact) mass is 257 g/mol. The Kier molecular flexibility index (Phi) is 5.14. The normalized spacial score (nSPS) is 20.2. The number of likely N-dealkylation sites (N-methyl/N-ethyl adjacent to an activating group) is 1. The third-order valence-corrected chi connectivity index (χ3v) is 3.72. The summed E-state index contributed by atoms with van der Waals surface area (Å²) < 4.78 is 0. The highest BCUT2D eigenvalue weighted by atomic mass is 16.4. The van der Waals surface area contributed by atoms with Crippen LogP contribution < -0.4 is 0 Å². The Morgan fingerprint density at radius 1 is 1.28 bits per heavy atom. The number of amides is 1. The van der Waals surface area contributed by atoms with E-state index in [0.717, 1.165) is 19.3 Å². The smallest absolute Gasteiger partial charge is 0.310 e. The highest BCUT2D eigenvalue weighted by molar-refractivity contribution is 5.85. The van der Waals surface area contributed by atoms with E-state index in [1.165, 1.54) is 4.90 Å². The number of carbonyl (C=O) groups is 2. The van der Waals surface area contributed by atoms with E-state index < -0.39 is 17.5 Å². The maximum Gasteiger partial charge on any atom is 0.310 e. The first kappa shape index (κ1) is 15.0. The molecule has 5 nitrogen and oxygen atoms in total. The average Bonchev–Trinajstić information content (AvgIpc) is 2.29. The van der Waals surface area contributed by atoms with Gasteiger partial charge in [-0.3, -0.25) is 9.59 Å². The van der Waals surface area contributed by atoms with Crippen molar-refractivity contribution in [3.63, 3.8) is 0 Å². The minimum absolute atomic E-state index is 0.0472. The van der Waals surface area contributed by atoms with E-state index in [0.29, 0.717) is 12.8 Å². The van der Waals surface area contributed by atoms with Crippen LogP contribution in [-0.2, 0) is 9.59 Å². The number of aliphatic hydroxyl groups excluding tert-OH is 1. The van der Waals surface area contributed by atoms with Crippen molar-refractivity contribution in [2.24, 2.45) is 5.41 Å². The number of aliphatic hydroxyl groups is 1. The summed E-state index contributed by atoms with van der Waals surface area (Å²) in [6, 6.07) is 0.